The van der Waals surface area contributed by atoms with Crippen LogP contribution in [0.25, 0.3) is 0 Å². The molecule has 0 aliphatic carbocycles. The second-order valence-corrected chi connectivity index (χ2v) is 3.49. The third-order valence-electron chi connectivity index (χ3n) is 1.41. The fourth-order valence-corrected chi connectivity index (χ4v) is 1.59. The van der Waals surface area contributed by atoms with Gasteiger partial charge in [-0.25, -0.2) is 4.98 Å². The van der Waals surface area contributed by atoms with Gasteiger partial charge in [0, 0.05) is 30.8 Å². The van der Waals surface area contributed by atoms with Crippen LogP contribution in [0, 0.1) is 0 Å². The molecule has 0 saturated carbocycles. The molecule has 5 heteroatoms. The smallest absolute Gasteiger partial charge is 0.165 e. The second kappa shape index (κ2) is 5.18. The minimum atomic E-state index is 0.0464. The van der Waals surface area contributed by atoms with Crippen LogP contribution in [0.3, 0.4) is 0 Å². The highest BCUT2D eigenvalue weighted by molar-refractivity contribution is 7.99. The average molecular weight is 187 g/mol. The number of aliphatic hydroxyl groups excluding tert-OH is 1. The molecule has 1 atom stereocenters. The van der Waals surface area contributed by atoms with Crippen molar-refractivity contribution in [3.8, 4) is 0 Å². The Labute approximate surface area is 75.6 Å². The molecule has 4 N–H and O–H groups in total. The molecule has 1 rings (SSSR count). The van der Waals surface area contributed by atoms with Gasteiger partial charge in [-0.1, -0.05) is 11.8 Å². The maximum atomic E-state index is 8.58. The van der Waals surface area contributed by atoms with Gasteiger partial charge >= 0.3 is 0 Å². The Kier molecular flexibility index (Phi) is 4.13. The Morgan fingerprint density at radius 1 is 1.75 bits per heavy atom. The van der Waals surface area contributed by atoms with Gasteiger partial charge in [-0.2, -0.15) is 0 Å². The van der Waals surface area contributed by atoms with E-state index < -0.39 is 0 Å². The van der Waals surface area contributed by atoms with Crippen molar-refractivity contribution in [3.05, 3.63) is 12.4 Å². The molecule has 0 fully saturated rings. The van der Waals surface area contributed by atoms with Crippen LogP contribution in [0.1, 0.15) is 6.42 Å². The number of aromatic nitrogens is 2. The molecule has 0 aliphatic rings. The van der Waals surface area contributed by atoms with Gasteiger partial charge in [0.15, 0.2) is 5.16 Å². The molecule has 68 valence electrons. The number of hydrogen-bond acceptors (Lipinski definition) is 4. The number of aromatic amines is 1. The molecule has 0 spiro atoms. The molecule has 0 aliphatic heterocycles. The van der Waals surface area contributed by atoms with Gasteiger partial charge in [0.1, 0.15) is 0 Å². The van der Waals surface area contributed by atoms with Crippen molar-refractivity contribution < 1.29 is 5.11 Å². The van der Waals surface area contributed by atoms with Crippen LogP contribution in [0.2, 0.25) is 0 Å². The summed E-state index contributed by atoms with van der Waals surface area (Å²) < 4.78 is 0. The van der Waals surface area contributed by atoms with Gasteiger partial charge in [-0.05, 0) is 6.42 Å². The highest BCUT2D eigenvalue weighted by atomic mass is 32.2. The molecular weight excluding hydrogens is 174 g/mol. The van der Waals surface area contributed by atoms with Crippen LogP contribution in [-0.4, -0.2) is 33.5 Å². The summed E-state index contributed by atoms with van der Waals surface area (Å²) in [5, 5.41) is 9.46. The van der Waals surface area contributed by atoms with E-state index in [1.54, 1.807) is 24.2 Å². The zero-order chi connectivity index (χ0) is 8.81. The number of nitrogens with two attached hydrogens (primary N) is 1. The molecular formula is C7H13N3OS. The monoisotopic (exact) mass is 187 g/mol. The van der Waals surface area contributed by atoms with Gasteiger partial charge in [0.25, 0.3) is 0 Å². The van der Waals surface area contributed by atoms with E-state index in [1.165, 1.54) is 0 Å². The maximum Gasteiger partial charge on any atom is 0.165 e. The zero-order valence-electron chi connectivity index (χ0n) is 6.73. The summed E-state index contributed by atoms with van der Waals surface area (Å²) in [4.78, 5) is 7.01. The summed E-state index contributed by atoms with van der Waals surface area (Å²) in [7, 11) is 0. The first-order chi connectivity index (χ1) is 5.83. The molecule has 1 aromatic rings. The van der Waals surface area contributed by atoms with Gasteiger partial charge in [-0.3, -0.25) is 0 Å². The quantitative estimate of drug-likeness (QED) is 0.576. The van der Waals surface area contributed by atoms with Crippen molar-refractivity contribution in [1.82, 2.24) is 9.97 Å². The topological polar surface area (TPSA) is 74.9 Å². The molecule has 0 saturated heterocycles. The lowest BCUT2D eigenvalue weighted by atomic mass is 10.3. The summed E-state index contributed by atoms with van der Waals surface area (Å²) in [5.41, 5.74) is 5.68. The predicted molar refractivity (Wildman–Crippen MR) is 49.0 cm³/mol. The van der Waals surface area contributed by atoms with Crippen molar-refractivity contribution in [3.63, 3.8) is 0 Å². The van der Waals surface area contributed by atoms with Gasteiger partial charge < -0.3 is 15.8 Å². The summed E-state index contributed by atoms with van der Waals surface area (Å²) in [5.74, 6) is 0.786. The van der Waals surface area contributed by atoms with Gasteiger partial charge in [-0.15, -0.1) is 0 Å². The molecule has 0 amide bonds. The van der Waals surface area contributed by atoms with E-state index in [0.717, 1.165) is 10.9 Å². The van der Waals surface area contributed by atoms with Crippen LogP contribution in [-0.2, 0) is 0 Å². The maximum absolute atomic E-state index is 8.58. The average Bonchev–Trinajstić information content (AvgIpc) is 2.53. The minimum absolute atomic E-state index is 0.0464. The minimum Gasteiger partial charge on any atom is -0.396 e. The standard InChI is InChI=1S/C7H13N3OS/c8-6(1-4-11)5-12-7-9-2-3-10-7/h2-3,6,11H,1,4-5,8H2,(H,9,10). The first-order valence-electron chi connectivity index (χ1n) is 3.81. The lowest BCUT2D eigenvalue weighted by Gasteiger charge is -2.06. The molecule has 0 aromatic carbocycles. The van der Waals surface area contributed by atoms with Gasteiger partial charge in [0.2, 0.25) is 0 Å². The van der Waals surface area contributed by atoms with E-state index in [1.807, 2.05) is 0 Å². The molecule has 12 heavy (non-hydrogen) atoms. The summed E-state index contributed by atoms with van der Waals surface area (Å²) in [6.07, 6.45) is 4.13. The molecule has 0 bridgehead atoms. The third kappa shape index (κ3) is 3.25. The van der Waals surface area contributed by atoms with E-state index in [4.69, 9.17) is 10.8 Å². The van der Waals surface area contributed by atoms with Crippen molar-refractivity contribution in [1.29, 1.82) is 0 Å². The third-order valence-corrected chi connectivity index (χ3v) is 2.50. The van der Waals surface area contributed by atoms with E-state index in [0.29, 0.717) is 6.42 Å². The number of rotatable bonds is 5. The number of nitrogens with zero attached hydrogens (tertiary/aromatic N) is 1. The van der Waals surface area contributed by atoms with E-state index in [2.05, 4.69) is 9.97 Å². The van der Waals surface area contributed by atoms with Crippen molar-refractivity contribution in [2.75, 3.05) is 12.4 Å². The Morgan fingerprint density at radius 3 is 3.17 bits per heavy atom. The van der Waals surface area contributed by atoms with E-state index >= 15 is 0 Å². The fourth-order valence-electron chi connectivity index (χ4n) is 0.765. The Morgan fingerprint density at radius 2 is 2.58 bits per heavy atom. The number of thioether (sulfide) groups is 1. The highest BCUT2D eigenvalue weighted by Crippen LogP contribution is 2.12. The highest BCUT2D eigenvalue weighted by Gasteiger charge is 2.03. The largest absolute Gasteiger partial charge is 0.396 e. The zero-order valence-corrected chi connectivity index (χ0v) is 7.55. The fraction of sp³-hybridized carbons (Fsp3) is 0.571. The summed E-state index contributed by atoms with van der Waals surface area (Å²) >= 11 is 1.57. The Balaban J connectivity index is 2.17. The molecule has 1 aromatic heterocycles. The second-order valence-electron chi connectivity index (χ2n) is 2.48. The molecule has 4 nitrogen and oxygen atoms in total. The number of nitrogens with one attached hydrogen (secondary N) is 1. The molecule has 1 unspecified atom stereocenters. The number of hydrogen-bond donors (Lipinski definition) is 3. The number of H-pyrrole nitrogens is 1. The van der Waals surface area contributed by atoms with Crippen LogP contribution < -0.4 is 5.73 Å². The Hall–Kier alpha value is -0.520. The van der Waals surface area contributed by atoms with Crippen LogP contribution in [0.5, 0.6) is 0 Å². The lowest BCUT2D eigenvalue weighted by molar-refractivity contribution is 0.279. The Bertz CT molecular complexity index is 202. The SMILES string of the molecule is NC(CCO)CSc1ncc[nH]1. The normalized spacial score (nSPS) is 13.2. The van der Waals surface area contributed by atoms with Crippen molar-refractivity contribution >= 4 is 11.8 Å². The molecule has 1 heterocycles. The van der Waals surface area contributed by atoms with Crippen LogP contribution in [0.15, 0.2) is 17.6 Å². The first kappa shape index (κ1) is 9.57. The molecule has 0 radical (unpaired) electrons. The number of imidazole rings is 1. The van der Waals surface area contributed by atoms with Crippen molar-refractivity contribution in [2.24, 2.45) is 5.73 Å². The first-order valence-corrected chi connectivity index (χ1v) is 4.80. The van der Waals surface area contributed by atoms with E-state index in [-0.39, 0.29) is 12.6 Å². The van der Waals surface area contributed by atoms with Crippen LogP contribution >= 0.6 is 11.8 Å². The predicted octanol–water partition coefficient (Wildman–Crippen LogP) is 0.211. The number of aliphatic hydroxyl groups is 1. The lowest BCUT2D eigenvalue weighted by Crippen LogP contribution is -2.23. The summed E-state index contributed by atoms with van der Waals surface area (Å²) in [6.45, 7) is 0.153. The van der Waals surface area contributed by atoms with Gasteiger partial charge in [0.05, 0.1) is 0 Å². The summed E-state index contributed by atoms with van der Waals surface area (Å²) in [6, 6.07) is 0.0464. The van der Waals surface area contributed by atoms with E-state index in [9.17, 15) is 0 Å². The van der Waals surface area contributed by atoms with Crippen LogP contribution in [0.4, 0.5) is 0 Å². The van der Waals surface area contributed by atoms with Crippen molar-refractivity contribution in [2.45, 2.75) is 17.6 Å².